The van der Waals surface area contributed by atoms with E-state index in [1.54, 1.807) is 24.3 Å². The minimum absolute atomic E-state index is 0.106. The van der Waals surface area contributed by atoms with Gasteiger partial charge in [0.15, 0.2) is 11.6 Å². The van der Waals surface area contributed by atoms with Crippen molar-refractivity contribution in [1.82, 2.24) is 4.90 Å². The molecular weight excluding hydrogens is 392 g/mol. The number of carbonyl (C=O) groups excluding carboxylic acids is 1. The molecule has 0 radical (unpaired) electrons. The van der Waals surface area contributed by atoms with Gasteiger partial charge >= 0.3 is 5.97 Å². The van der Waals surface area contributed by atoms with E-state index in [4.69, 9.17) is 4.74 Å². The van der Waals surface area contributed by atoms with Crippen molar-refractivity contribution in [2.45, 2.75) is 6.54 Å². The second-order valence-electron chi connectivity index (χ2n) is 6.55. The maximum absolute atomic E-state index is 14.1. The average molecular weight is 411 g/mol. The summed E-state index contributed by atoms with van der Waals surface area (Å²) < 4.78 is 32.9. The second-order valence-corrected chi connectivity index (χ2v) is 6.55. The van der Waals surface area contributed by atoms with Gasteiger partial charge in [-0.2, -0.15) is 0 Å². The van der Waals surface area contributed by atoms with Crippen LogP contribution in [0.25, 0.3) is 11.1 Å². The summed E-state index contributed by atoms with van der Waals surface area (Å²) in [4.78, 5) is 25.3. The van der Waals surface area contributed by atoms with Crippen molar-refractivity contribution < 1.29 is 28.2 Å². The summed E-state index contributed by atoms with van der Waals surface area (Å²) in [5, 5.41) is 9.20. The van der Waals surface area contributed by atoms with Gasteiger partial charge < -0.3 is 14.7 Å². The summed E-state index contributed by atoms with van der Waals surface area (Å²) in [6.07, 6.45) is 0. The van der Waals surface area contributed by atoms with E-state index >= 15 is 0 Å². The third kappa shape index (κ3) is 4.63. The Morgan fingerprint density at radius 3 is 2.47 bits per heavy atom. The van der Waals surface area contributed by atoms with Gasteiger partial charge in [-0.1, -0.05) is 42.5 Å². The Bertz CT molecular complexity index is 1080. The Labute approximate surface area is 172 Å². The van der Waals surface area contributed by atoms with Crippen LogP contribution in [-0.2, 0) is 11.3 Å². The maximum atomic E-state index is 14.1. The number of halogens is 2. The quantitative estimate of drug-likeness (QED) is 0.627. The predicted octanol–water partition coefficient (Wildman–Crippen LogP) is 4.37. The number of carboxylic acid groups (broad SMARTS) is 1. The number of methoxy groups -OCH3 is 1. The van der Waals surface area contributed by atoms with E-state index in [-0.39, 0.29) is 17.7 Å². The number of hydrogen-bond acceptors (Lipinski definition) is 3. The van der Waals surface area contributed by atoms with Crippen molar-refractivity contribution in [1.29, 1.82) is 0 Å². The lowest BCUT2D eigenvalue weighted by molar-refractivity contribution is -0.137. The molecular formula is C23H19F2NO4. The SMILES string of the molecule is COc1ccccc1-c1cccc(C(=O)N(CC(=O)O)Cc2cccc(F)c2F)c1. The average Bonchev–Trinajstić information content (AvgIpc) is 2.75. The van der Waals surface area contributed by atoms with Gasteiger partial charge in [0.25, 0.3) is 5.91 Å². The fourth-order valence-corrected chi connectivity index (χ4v) is 3.12. The van der Waals surface area contributed by atoms with Crippen molar-refractivity contribution in [3.8, 4) is 16.9 Å². The van der Waals surface area contributed by atoms with E-state index in [2.05, 4.69) is 0 Å². The number of rotatable bonds is 7. The summed E-state index contributed by atoms with van der Waals surface area (Å²) >= 11 is 0. The Morgan fingerprint density at radius 1 is 1.00 bits per heavy atom. The highest BCUT2D eigenvalue weighted by Gasteiger charge is 2.22. The van der Waals surface area contributed by atoms with Crippen LogP contribution in [0.4, 0.5) is 8.78 Å². The summed E-state index contributed by atoms with van der Waals surface area (Å²) in [6, 6.07) is 17.4. The molecule has 1 amide bonds. The van der Waals surface area contributed by atoms with Gasteiger partial charge in [0, 0.05) is 23.2 Å². The number of hydrogen-bond donors (Lipinski definition) is 1. The van der Waals surface area contributed by atoms with Crippen LogP contribution in [-0.4, -0.2) is 35.5 Å². The fourth-order valence-electron chi connectivity index (χ4n) is 3.12. The standard InChI is InChI=1S/C23H19F2NO4/c1-30-20-11-3-2-9-18(20)15-6-4-7-16(12-15)23(29)26(14-21(27)28)13-17-8-5-10-19(24)22(17)25/h2-12H,13-14H2,1H3,(H,27,28). The lowest BCUT2D eigenvalue weighted by atomic mass is 10.0. The number of carboxylic acids is 1. The van der Waals surface area contributed by atoms with Crippen LogP contribution < -0.4 is 4.74 Å². The lowest BCUT2D eigenvalue weighted by Gasteiger charge is -2.22. The zero-order valence-electron chi connectivity index (χ0n) is 16.1. The first-order valence-corrected chi connectivity index (χ1v) is 9.08. The maximum Gasteiger partial charge on any atom is 0.323 e. The molecule has 0 fully saturated rings. The molecule has 0 saturated carbocycles. The van der Waals surface area contributed by atoms with Crippen molar-refractivity contribution in [2.75, 3.05) is 13.7 Å². The van der Waals surface area contributed by atoms with Crippen molar-refractivity contribution in [3.05, 3.63) is 89.5 Å². The van der Waals surface area contributed by atoms with E-state index in [1.807, 2.05) is 18.2 Å². The van der Waals surface area contributed by atoms with E-state index < -0.39 is 30.1 Å². The first-order valence-electron chi connectivity index (χ1n) is 9.08. The van der Waals surface area contributed by atoms with E-state index in [1.165, 1.54) is 25.3 Å². The van der Waals surface area contributed by atoms with Crippen LogP contribution in [0.15, 0.2) is 66.7 Å². The van der Waals surface area contributed by atoms with E-state index in [0.717, 1.165) is 16.5 Å². The fraction of sp³-hybridized carbons (Fsp3) is 0.130. The highest BCUT2D eigenvalue weighted by Crippen LogP contribution is 2.30. The molecule has 0 aliphatic heterocycles. The molecule has 1 N–H and O–H groups in total. The molecule has 0 atom stereocenters. The Hall–Kier alpha value is -3.74. The predicted molar refractivity (Wildman–Crippen MR) is 107 cm³/mol. The van der Waals surface area contributed by atoms with Gasteiger partial charge in [0.2, 0.25) is 0 Å². The smallest absolute Gasteiger partial charge is 0.323 e. The summed E-state index contributed by atoms with van der Waals surface area (Å²) in [5.41, 5.74) is 1.57. The highest BCUT2D eigenvalue weighted by atomic mass is 19.2. The Kier molecular flexibility index (Phi) is 6.41. The molecule has 5 nitrogen and oxygen atoms in total. The third-order valence-electron chi connectivity index (χ3n) is 4.53. The van der Waals surface area contributed by atoms with E-state index in [9.17, 15) is 23.5 Å². The first kappa shape index (κ1) is 21.0. The molecule has 3 aromatic rings. The minimum atomic E-state index is -1.26. The summed E-state index contributed by atoms with van der Waals surface area (Å²) in [6.45, 7) is -1.04. The number of nitrogens with zero attached hydrogens (tertiary/aromatic N) is 1. The van der Waals surface area contributed by atoms with Crippen molar-refractivity contribution in [2.24, 2.45) is 0 Å². The molecule has 0 unspecified atom stereocenters. The van der Waals surface area contributed by atoms with E-state index in [0.29, 0.717) is 11.3 Å². The largest absolute Gasteiger partial charge is 0.496 e. The van der Waals surface area contributed by atoms with Crippen LogP contribution in [0, 0.1) is 11.6 Å². The number of ether oxygens (including phenoxy) is 1. The highest BCUT2D eigenvalue weighted by molar-refractivity contribution is 5.97. The number of benzene rings is 3. The third-order valence-corrected chi connectivity index (χ3v) is 4.53. The molecule has 0 spiro atoms. The second kappa shape index (κ2) is 9.17. The molecule has 3 rings (SSSR count). The molecule has 0 aliphatic rings. The van der Waals surface area contributed by atoms with Crippen LogP contribution >= 0.6 is 0 Å². The Morgan fingerprint density at radius 2 is 1.73 bits per heavy atom. The van der Waals surface area contributed by atoms with Crippen molar-refractivity contribution >= 4 is 11.9 Å². The van der Waals surface area contributed by atoms with Gasteiger partial charge in [0.05, 0.1) is 7.11 Å². The number of para-hydroxylation sites is 1. The van der Waals surface area contributed by atoms with Crippen LogP contribution in [0.3, 0.4) is 0 Å². The van der Waals surface area contributed by atoms with Gasteiger partial charge in [-0.05, 0) is 29.8 Å². The zero-order valence-corrected chi connectivity index (χ0v) is 16.1. The van der Waals surface area contributed by atoms with Gasteiger partial charge in [-0.15, -0.1) is 0 Å². The van der Waals surface area contributed by atoms with Crippen LogP contribution in [0.5, 0.6) is 5.75 Å². The Balaban J connectivity index is 1.95. The zero-order chi connectivity index (χ0) is 21.7. The monoisotopic (exact) mass is 411 g/mol. The number of carbonyl (C=O) groups is 2. The minimum Gasteiger partial charge on any atom is -0.496 e. The molecule has 154 valence electrons. The topological polar surface area (TPSA) is 66.8 Å². The first-order chi connectivity index (χ1) is 14.4. The van der Waals surface area contributed by atoms with Crippen LogP contribution in [0.2, 0.25) is 0 Å². The molecule has 0 bridgehead atoms. The summed E-state index contributed by atoms with van der Waals surface area (Å²) in [5.74, 6) is -3.43. The molecule has 30 heavy (non-hydrogen) atoms. The van der Waals surface area contributed by atoms with Gasteiger partial charge in [-0.3, -0.25) is 9.59 Å². The molecule has 7 heteroatoms. The van der Waals surface area contributed by atoms with Gasteiger partial charge in [0.1, 0.15) is 12.3 Å². The molecule has 3 aromatic carbocycles. The number of aliphatic carboxylic acids is 1. The molecule has 0 saturated heterocycles. The molecule has 0 heterocycles. The normalized spacial score (nSPS) is 10.5. The summed E-state index contributed by atoms with van der Waals surface area (Å²) in [7, 11) is 1.54. The van der Waals surface area contributed by atoms with Crippen LogP contribution in [0.1, 0.15) is 15.9 Å². The lowest BCUT2D eigenvalue weighted by Crippen LogP contribution is -2.35. The van der Waals surface area contributed by atoms with Gasteiger partial charge in [-0.25, -0.2) is 8.78 Å². The van der Waals surface area contributed by atoms with Crippen molar-refractivity contribution in [3.63, 3.8) is 0 Å². The molecule has 0 aliphatic carbocycles. The number of amides is 1. The molecule has 0 aromatic heterocycles.